The maximum atomic E-state index is 15.1. The van der Waals surface area contributed by atoms with Crippen LogP contribution in [0, 0.1) is 0 Å². The monoisotopic (exact) mass is 1210 g/mol. The van der Waals surface area contributed by atoms with Gasteiger partial charge in [0.25, 0.3) is 5.91 Å². The molecule has 0 aliphatic rings. The molecule has 6 N–H and O–H groups in total. The van der Waals surface area contributed by atoms with Crippen molar-refractivity contribution < 1.29 is 71.7 Å². The normalized spacial score (nSPS) is 12.0. The third kappa shape index (κ3) is 26.7. The molecule has 0 aliphatic heterocycles. The number of hydrogen-bond donors (Lipinski definition) is 5. The molecule has 0 aromatic heterocycles. The number of azide groups is 1. The molecule has 23 nitrogen and oxygen atoms in total. The van der Waals surface area contributed by atoms with E-state index < -0.39 is 54.5 Å². The van der Waals surface area contributed by atoms with E-state index in [0.717, 1.165) is 28.0 Å². The second kappa shape index (κ2) is 43.3. The summed E-state index contributed by atoms with van der Waals surface area (Å²) in [6.45, 7) is 6.10. The van der Waals surface area contributed by atoms with E-state index in [1.54, 1.807) is 31.4 Å². The minimum atomic E-state index is -1.19. The number of benzene rings is 5. The van der Waals surface area contributed by atoms with Gasteiger partial charge in [0.1, 0.15) is 31.0 Å². The molecule has 0 aliphatic carbocycles. The predicted octanol–water partition coefficient (Wildman–Crippen LogP) is 5.43. The van der Waals surface area contributed by atoms with E-state index in [9.17, 15) is 19.5 Å². The van der Waals surface area contributed by atoms with Crippen molar-refractivity contribution >= 4 is 29.3 Å². The molecule has 0 saturated carbocycles. The number of nitrogens with zero attached hydrogens (tertiary/aromatic N) is 4. The molecule has 0 fully saturated rings. The summed E-state index contributed by atoms with van der Waals surface area (Å²) in [6, 6.07) is 41.7. The summed E-state index contributed by atoms with van der Waals surface area (Å²) in [5.41, 5.74) is 18.4. The highest BCUT2D eigenvalue weighted by molar-refractivity contribution is 6.04. The number of aliphatic hydroxyl groups excluding tert-OH is 1. The van der Waals surface area contributed by atoms with Crippen LogP contribution in [-0.4, -0.2) is 186 Å². The molecular weight excluding hydrogens is 1120 g/mol. The number of anilines is 1. The summed E-state index contributed by atoms with van der Waals surface area (Å²) in [5, 5.41) is 22.7. The van der Waals surface area contributed by atoms with Gasteiger partial charge in [0, 0.05) is 30.1 Å². The first-order valence-electron chi connectivity index (χ1n) is 29.3. The molecule has 87 heavy (non-hydrogen) atoms. The minimum absolute atomic E-state index is 0.0609. The summed E-state index contributed by atoms with van der Waals surface area (Å²) in [6.07, 6.45) is 1.30. The summed E-state index contributed by atoms with van der Waals surface area (Å²) in [4.78, 5) is 59.0. The lowest BCUT2D eigenvalue weighted by atomic mass is 9.77. The van der Waals surface area contributed by atoms with Crippen LogP contribution in [0.4, 0.5) is 5.69 Å². The standard InChI is InChI=1S/C64H86N8O15/c1-78-57-26-22-55(23-27-57)64(53-15-7-3-8-16-53,54-17-9-4-10-18-54)68-28-12-11-19-59(62(65)76)72(56-24-20-52(48-73)21-25-56)63(77)58(47-51-13-5-2-6-14-51)70-61(75)50-87-49-60(74)67-29-31-79-33-35-81-37-39-83-41-43-85-45-46-86-44-42-84-40-38-82-36-34-80-32-30-69-71-66/h2-10,13-18,20-27,58-59,68,73H,11-12,19,28-50H2,1H3,(H2,65,76)(H,67,74)(H,70,75)/t58-,59-/m0/s1. The molecule has 0 unspecified atom stereocenters. The highest BCUT2D eigenvalue weighted by atomic mass is 16.6. The smallest absolute Gasteiger partial charge is 0.250 e. The fourth-order valence-electron chi connectivity index (χ4n) is 9.18. The lowest BCUT2D eigenvalue weighted by Crippen LogP contribution is -2.56. The van der Waals surface area contributed by atoms with Crippen molar-refractivity contribution in [2.75, 3.05) is 151 Å². The van der Waals surface area contributed by atoms with Crippen molar-refractivity contribution in [3.05, 3.63) is 178 Å². The Morgan fingerprint density at radius 3 is 1.52 bits per heavy atom. The Labute approximate surface area is 510 Å². The number of ether oxygens (including phenoxy) is 10. The van der Waals surface area contributed by atoms with Crippen LogP contribution < -0.4 is 31.3 Å². The molecule has 23 heteroatoms. The van der Waals surface area contributed by atoms with Crippen LogP contribution in [0.15, 0.2) is 145 Å². The van der Waals surface area contributed by atoms with Crippen molar-refractivity contribution in [2.24, 2.45) is 10.8 Å². The molecule has 0 bridgehead atoms. The minimum Gasteiger partial charge on any atom is -0.497 e. The number of rotatable bonds is 49. The van der Waals surface area contributed by atoms with Gasteiger partial charge in [-0.3, -0.25) is 29.4 Å². The first kappa shape index (κ1) is 70.4. The number of nitrogens with two attached hydrogens (primary N) is 1. The van der Waals surface area contributed by atoms with Gasteiger partial charge in [-0.2, -0.15) is 0 Å². The number of carbonyl (C=O) groups excluding carboxylic acids is 4. The lowest BCUT2D eigenvalue weighted by molar-refractivity contribution is -0.133. The van der Waals surface area contributed by atoms with Crippen LogP contribution in [0.3, 0.4) is 0 Å². The average Bonchev–Trinajstić information content (AvgIpc) is 1.06. The molecule has 0 heterocycles. The van der Waals surface area contributed by atoms with Crippen LogP contribution >= 0.6 is 0 Å². The maximum absolute atomic E-state index is 15.1. The molecule has 5 rings (SSSR count). The zero-order chi connectivity index (χ0) is 61.8. The Hall–Kier alpha value is -7.35. The van der Waals surface area contributed by atoms with Gasteiger partial charge in [-0.1, -0.05) is 120 Å². The van der Waals surface area contributed by atoms with Crippen molar-refractivity contribution in [1.82, 2.24) is 16.0 Å². The molecule has 4 amide bonds. The van der Waals surface area contributed by atoms with Gasteiger partial charge in [-0.25, -0.2) is 0 Å². The van der Waals surface area contributed by atoms with Crippen LogP contribution in [-0.2, 0) is 80.4 Å². The van der Waals surface area contributed by atoms with E-state index in [-0.39, 0.29) is 32.6 Å². The average molecular weight is 1210 g/mol. The fraction of sp³-hybridized carbons (Fsp3) is 0.469. The summed E-state index contributed by atoms with van der Waals surface area (Å²) < 4.78 is 54.7. The molecular formula is C64H86N8O15. The van der Waals surface area contributed by atoms with Crippen molar-refractivity contribution in [1.29, 1.82) is 0 Å². The molecule has 5 aromatic carbocycles. The quantitative estimate of drug-likeness (QED) is 0.0107. The van der Waals surface area contributed by atoms with E-state index in [4.69, 9.17) is 58.6 Å². The summed E-state index contributed by atoms with van der Waals surface area (Å²) in [5.74, 6) is -1.73. The molecule has 2 atom stereocenters. The first-order chi connectivity index (χ1) is 42.7. The number of hydrogen-bond acceptors (Lipinski definition) is 17. The highest BCUT2D eigenvalue weighted by Crippen LogP contribution is 2.38. The number of nitrogens with one attached hydrogen (secondary N) is 3. The van der Waals surface area contributed by atoms with E-state index in [1.165, 1.54) is 4.90 Å². The number of carbonyl (C=O) groups is 4. The van der Waals surface area contributed by atoms with Crippen LogP contribution in [0.5, 0.6) is 5.75 Å². The number of amides is 4. The van der Waals surface area contributed by atoms with Gasteiger partial charge in [0.05, 0.1) is 125 Å². The van der Waals surface area contributed by atoms with Crippen LogP contribution in [0.1, 0.15) is 47.1 Å². The summed E-state index contributed by atoms with van der Waals surface area (Å²) >= 11 is 0. The highest BCUT2D eigenvalue weighted by Gasteiger charge is 2.37. The topological polar surface area (TPSA) is 295 Å². The first-order valence-corrected chi connectivity index (χ1v) is 29.3. The van der Waals surface area contributed by atoms with Crippen molar-refractivity contribution in [3.8, 4) is 5.75 Å². The zero-order valence-electron chi connectivity index (χ0n) is 49.8. The Balaban J connectivity index is 1.02. The SMILES string of the molecule is COc1ccc(C(NCCCC[C@@H](C(N)=O)N(C(=O)[C@H](Cc2ccccc2)NC(=O)COCC(=O)NCCOCCOCCOCCOCCOCCOCCOCCOCCN=[N+]=[N-])c2ccc(CO)cc2)(c2ccccc2)c2ccccc2)cc1. The number of unbranched alkanes of at least 4 members (excludes halogenated alkanes) is 1. The van der Waals surface area contributed by atoms with Crippen molar-refractivity contribution in [2.45, 2.75) is 49.9 Å². The van der Waals surface area contributed by atoms with Gasteiger partial charge in [-0.05, 0) is 83.4 Å². The van der Waals surface area contributed by atoms with Gasteiger partial charge in [-0.15, -0.1) is 0 Å². The van der Waals surface area contributed by atoms with Gasteiger partial charge < -0.3 is 68.8 Å². The third-order valence-electron chi connectivity index (χ3n) is 13.5. The molecule has 0 radical (unpaired) electrons. The molecule has 0 spiro atoms. The Morgan fingerprint density at radius 1 is 0.563 bits per heavy atom. The number of primary amides is 1. The second-order valence-electron chi connectivity index (χ2n) is 19.6. The van der Waals surface area contributed by atoms with Crippen molar-refractivity contribution in [3.63, 3.8) is 0 Å². The predicted molar refractivity (Wildman–Crippen MR) is 327 cm³/mol. The van der Waals surface area contributed by atoms with E-state index in [2.05, 4.69) is 50.2 Å². The largest absolute Gasteiger partial charge is 0.497 e. The molecule has 0 saturated heterocycles. The molecule has 5 aromatic rings. The summed E-state index contributed by atoms with van der Waals surface area (Å²) in [7, 11) is 1.63. The van der Waals surface area contributed by atoms with Crippen LogP contribution in [0.2, 0.25) is 0 Å². The third-order valence-corrected chi connectivity index (χ3v) is 13.5. The molecule has 472 valence electrons. The van der Waals surface area contributed by atoms with Gasteiger partial charge in [0.15, 0.2) is 0 Å². The number of methoxy groups -OCH3 is 1. The van der Waals surface area contributed by atoms with Crippen LogP contribution in [0.25, 0.3) is 10.4 Å². The van der Waals surface area contributed by atoms with E-state index in [0.29, 0.717) is 136 Å². The lowest BCUT2D eigenvalue weighted by Gasteiger charge is -2.37. The zero-order valence-corrected chi connectivity index (χ0v) is 49.8. The second-order valence-corrected chi connectivity index (χ2v) is 19.6. The Kier molecular flexibility index (Phi) is 35.0. The van der Waals surface area contributed by atoms with Gasteiger partial charge >= 0.3 is 0 Å². The van der Waals surface area contributed by atoms with E-state index >= 15 is 4.79 Å². The Bertz CT molecular complexity index is 2670. The Morgan fingerprint density at radius 2 is 1.03 bits per heavy atom. The fourth-order valence-corrected chi connectivity index (χ4v) is 9.18. The maximum Gasteiger partial charge on any atom is 0.250 e. The number of aliphatic hydroxyl groups is 1. The van der Waals surface area contributed by atoms with Gasteiger partial charge in [0.2, 0.25) is 17.7 Å². The van der Waals surface area contributed by atoms with E-state index in [1.807, 2.05) is 91.0 Å².